The SMILES string of the molecule is CNC(=O)Sc1ccc(C)cc1. The molecule has 2 nitrogen and oxygen atoms in total. The fourth-order valence-corrected chi connectivity index (χ4v) is 1.35. The highest BCUT2D eigenvalue weighted by Crippen LogP contribution is 2.18. The number of benzene rings is 1. The Kier molecular flexibility index (Phi) is 3.17. The minimum atomic E-state index is -0.0288. The first kappa shape index (κ1) is 9.13. The quantitative estimate of drug-likeness (QED) is 0.674. The van der Waals surface area contributed by atoms with Crippen molar-refractivity contribution in [3.8, 4) is 0 Å². The standard InChI is InChI=1S/C9H11NOS/c1-7-3-5-8(6-4-7)12-9(11)10-2/h3-6H,1-2H3,(H,10,11). The molecule has 64 valence electrons. The van der Waals surface area contributed by atoms with E-state index < -0.39 is 0 Å². The largest absolute Gasteiger partial charge is 0.350 e. The van der Waals surface area contributed by atoms with Gasteiger partial charge in [0.1, 0.15) is 0 Å². The Balaban J connectivity index is 2.64. The summed E-state index contributed by atoms with van der Waals surface area (Å²) in [5.41, 5.74) is 1.20. The van der Waals surface area contributed by atoms with Crippen LogP contribution in [0.2, 0.25) is 0 Å². The normalized spacial score (nSPS) is 9.50. The summed E-state index contributed by atoms with van der Waals surface area (Å²) in [6.45, 7) is 2.02. The monoisotopic (exact) mass is 181 g/mol. The summed E-state index contributed by atoms with van der Waals surface area (Å²) in [5.74, 6) is 0. The van der Waals surface area contributed by atoms with E-state index in [2.05, 4.69) is 5.32 Å². The summed E-state index contributed by atoms with van der Waals surface area (Å²) in [7, 11) is 1.63. The van der Waals surface area contributed by atoms with Gasteiger partial charge >= 0.3 is 0 Å². The van der Waals surface area contributed by atoms with Gasteiger partial charge in [-0.1, -0.05) is 17.7 Å². The van der Waals surface area contributed by atoms with Crippen molar-refractivity contribution in [1.29, 1.82) is 0 Å². The average molecular weight is 181 g/mol. The summed E-state index contributed by atoms with van der Waals surface area (Å²) in [5, 5.41) is 2.52. The lowest BCUT2D eigenvalue weighted by Gasteiger charge is -1.99. The van der Waals surface area contributed by atoms with Crippen molar-refractivity contribution in [1.82, 2.24) is 5.32 Å². The average Bonchev–Trinajstić information content (AvgIpc) is 2.09. The van der Waals surface area contributed by atoms with Gasteiger partial charge in [-0.3, -0.25) is 4.79 Å². The van der Waals surface area contributed by atoms with Crippen LogP contribution >= 0.6 is 11.8 Å². The van der Waals surface area contributed by atoms with Crippen LogP contribution in [0.1, 0.15) is 5.56 Å². The Hall–Kier alpha value is -0.960. The van der Waals surface area contributed by atoms with Crippen LogP contribution in [-0.2, 0) is 0 Å². The second-order valence-electron chi connectivity index (χ2n) is 2.45. The topological polar surface area (TPSA) is 29.1 Å². The van der Waals surface area contributed by atoms with Gasteiger partial charge in [0.2, 0.25) is 0 Å². The molecule has 1 aromatic carbocycles. The molecule has 0 aromatic heterocycles. The number of hydrogen-bond acceptors (Lipinski definition) is 2. The van der Waals surface area contributed by atoms with Crippen molar-refractivity contribution in [2.45, 2.75) is 11.8 Å². The predicted molar refractivity (Wildman–Crippen MR) is 51.5 cm³/mol. The first-order valence-electron chi connectivity index (χ1n) is 3.68. The van der Waals surface area contributed by atoms with Gasteiger partial charge < -0.3 is 5.32 Å². The molecule has 1 rings (SSSR count). The molecule has 0 unspecified atom stereocenters. The molecule has 1 amide bonds. The Labute approximate surface area is 76.4 Å². The highest BCUT2D eigenvalue weighted by atomic mass is 32.2. The molecule has 0 radical (unpaired) electrons. The molecule has 3 heteroatoms. The summed E-state index contributed by atoms with van der Waals surface area (Å²) >= 11 is 1.20. The predicted octanol–water partition coefficient (Wildman–Crippen LogP) is 2.43. The maximum atomic E-state index is 10.9. The summed E-state index contributed by atoms with van der Waals surface area (Å²) in [4.78, 5) is 11.9. The van der Waals surface area contributed by atoms with Crippen LogP contribution < -0.4 is 5.32 Å². The van der Waals surface area contributed by atoms with Crippen molar-refractivity contribution in [2.24, 2.45) is 0 Å². The minimum Gasteiger partial charge on any atom is -0.350 e. The van der Waals surface area contributed by atoms with Crippen molar-refractivity contribution in [3.05, 3.63) is 29.8 Å². The molecule has 0 atom stereocenters. The fourth-order valence-electron chi connectivity index (χ4n) is 0.764. The van der Waals surface area contributed by atoms with Crippen molar-refractivity contribution in [2.75, 3.05) is 7.05 Å². The molecule has 0 spiro atoms. The zero-order valence-corrected chi connectivity index (χ0v) is 7.94. The van der Waals surface area contributed by atoms with Crippen LogP contribution in [0.15, 0.2) is 29.2 Å². The highest BCUT2D eigenvalue weighted by molar-refractivity contribution is 8.13. The lowest BCUT2D eigenvalue weighted by atomic mass is 10.2. The van der Waals surface area contributed by atoms with Gasteiger partial charge in [0.15, 0.2) is 0 Å². The molecule has 0 saturated carbocycles. The Morgan fingerprint density at radius 1 is 1.33 bits per heavy atom. The van der Waals surface area contributed by atoms with Gasteiger partial charge in [0.25, 0.3) is 5.24 Å². The first-order valence-corrected chi connectivity index (χ1v) is 4.50. The molecule has 0 aliphatic heterocycles. The van der Waals surface area contributed by atoms with E-state index in [1.807, 2.05) is 31.2 Å². The smallest absolute Gasteiger partial charge is 0.283 e. The Morgan fingerprint density at radius 2 is 1.92 bits per heavy atom. The molecular weight excluding hydrogens is 170 g/mol. The maximum absolute atomic E-state index is 10.9. The molecule has 0 heterocycles. The third kappa shape index (κ3) is 2.58. The summed E-state index contributed by atoms with van der Waals surface area (Å²) in [6, 6.07) is 7.86. The van der Waals surface area contributed by atoms with E-state index in [4.69, 9.17) is 0 Å². The second kappa shape index (κ2) is 4.16. The molecule has 0 fully saturated rings. The molecule has 12 heavy (non-hydrogen) atoms. The van der Waals surface area contributed by atoms with Crippen molar-refractivity contribution in [3.63, 3.8) is 0 Å². The zero-order valence-electron chi connectivity index (χ0n) is 7.13. The highest BCUT2D eigenvalue weighted by Gasteiger charge is 1.99. The van der Waals surface area contributed by atoms with Gasteiger partial charge in [-0.25, -0.2) is 0 Å². The van der Waals surface area contributed by atoms with Gasteiger partial charge in [-0.15, -0.1) is 0 Å². The number of thioether (sulfide) groups is 1. The lowest BCUT2D eigenvalue weighted by molar-refractivity contribution is 0.262. The number of hydrogen-bond donors (Lipinski definition) is 1. The van der Waals surface area contributed by atoms with Crippen molar-refractivity contribution >= 4 is 17.0 Å². The van der Waals surface area contributed by atoms with E-state index in [9.17, 15) is 4.79 Å². The van der Waals surface area contributed by atoms with E-state index in [0.717, 1.165) is 4.90 Å². The number of carbonyl (C=O) groups is 1. The van der Waals surface area contributed by atoms with Crippen LogP contribution in [0.3, 0.4) is 0 Å². The molecule has 0 aliphatic carbocycles. The number of amides is 1. The van der Waals surface area contributed by atoms with Crippen LogP contribution in [0.5, 0.6) is 0 Å². The van der Waals surface area contributed by atoms with Gasteiger partial charge in [0, 0.05) is 11.9 Å². The molecule has 0 bridgehead atoms. The molecular formula is C9H11NOS. The number of nitrogens with one attached hydrogen (secondary N) is 1. The van der Waals surface area contributed by atoms with E-state index >= 15 is 0 Å². The van der Waals surface area contributed by atoms with Crippen LogP contribution in [0.4, 0.5) is 4.79 Å². The molecule has 0 saturated heterocycles. The number of aryl methyl sites for hydroxylation is 1. The number of carbonyl (C=O) groups excluding carboxylic acids is 1. The van der Waals surface area contributed by atoms with Gasteiger partial charge in [-0.05, 0) is 30.8 Å². The molecule has 1 N–H and O–H groups in total. The van der Waals surface area contributed by atoms with Crippen molar-refractivity contribution < 1.29 is 4.79 Å². The zero-order chi connectivity index (χ0) is 8.97. The summed E-state index contributed by atoms with van der Waals surface area (Å²) < 4.78 is 0. The second-order valence-corrected chi connectivity index (χ2v) is 3.50. The van der Waals surface area contributed by atoms with Gasteiger partial charge in [-0.2, -0.15) is 0 Å². The third-order valence-electron chi connectivity index (χ3n) is 1.44. The Morgan fingerprint density at radius 3 is 2.42 bits per heavy atom. The van der Waals surface area contributed by atoms with Crippen LogP contribution in [0.25, 0.3) is 0 Å². The Bertz CT molecular complexity index is 268. The molecule has 0 aliphatic rings. The van der Waals surface area contributed by atoms with Gasteiger partial charge in [0.05, 0.1) is 0 Å². The number of rotatable bonds is 1. The van der Waals surface area contributed by atoms with E-state index in [0.29, 0.717) is 0 Å². The van der Waals surface area contributed by atoms with E-state index in [-0.39, 0.29) is 5.24 Å². The molecule has 1 aromatic rings. The first-order chi connectivity index (χ1) is 5.72. The van der Waals surface area contributed by atoms with E-state index in [1.165, 1.54) is 17.3 Å². The minimum absolute atomic E-state index is 0.0288. The van der Waals surface area contributed by atoms with E-state index in [1.54, 1.807) is 7.05 Å². The fraction of sp³-hybridized carbons (Fsp3) is 0.222. The third-order valence-corrected chi connectivity index (χ3v) is 2.33. The lowest BCUT2D eigenvalue weighted by Crippen LogP contribution is -2.10. The summed E-state index contributed by atoms with van der Waals surface area (Å²) in [6.07, 6.45) is 0. The van der Waals surface area contributed by atoms with Crippen LogP contribution in [-0.4, -0.2) is 12.3 Å². The van der Waals surface area contributed by atoms with Crippen LogP contribution in [0, 0.1) is 6.92 Å². The maximum Gasteiger partial charge on any atom is 0.283 e.